The molecule has 126 valence electrons. The van der Waals surface area contributed by atoms with Crippen molar-refractivity contribution in [1.82, 2.24) is 4.90 Å². The van der Waals surface area contributed by atoms with Gasteiger partial charge in [-0.3, -0.25) is 0 Å². The van der Waals surface area contributed by atoms with Crippen LogP contribution in [0.3, 0.4) is 0 Å². The Hall–Kier alpha value is -1.65. The zero-order valence-electron chi connectivity index (χ0n) is 14.5. The smallest absolute Gasteiger partial charge is 0.410 e. The molecule has 23 heavy (non-hydrogen) atoms. The largest absolute Gasteiger partial charge is 0.444 e. The first-order chi connectivity index (χ1) is 10.9. The third kappa shape index (κ3) is 3.82. The molecule has 0 aromatic heterocycles. The van der Waals surface area contributed by atoms with Crippen LogP contribution in [0.4, 0.5) is 4.79 Å². The van der Waals surface area contributed by atoms with Crippen molar-refractivity contribution in [2.75, 3.05) is 13.1 Å². The molecule has 2 heterocycles. The molecule has 0 N–H and O–H groups in total. The number of carbonyl (C=O) groups is 1. The standard InChI is InChI=1S/C18H27N3O2/c1-17(2,3)23-16(22)21-11-9-18(10-12-21)13-15(19-20-18)14-7-5-4-6-8-14/h7,13H,4-6,8-12H2,1-3H3. The Morgan fingerprint density at radius 1 is 1.26 bits per heavy atom. The lowest BCUT2D eigenvalue weighted by molar-refractivity contribution is 0.0187. The van der Waals surface area contributed by atoms with E-state index in [4.69, 9.17) is 4.74 Å². The van der Waals surface area contributed by atoms with Crippen LogP contribution < -0.4 is 0 Å². The average molecular weight is 317 g/mol. The minimum atomic E-state index is -0.445. The molecule has 2 aliphatic heterocycles. The van der Waals surface area contributed by atoms with Crippen LogP contribution in [0, 0.1) is 0 Å². The zero-order valence-corrected chi connectivity index (χ0v) is 14.5. The van der Waals surface area contributed by atoms with E-state index in [-0.39, 0.29) is 11.6 Å². The Morgan fingerprint density at radius 2 is 2.00 bits per heavy atom. The van der Waals surface area contributed by atoms with Crippen LogP contribution in [0.5, 0.6) is 0 Å². The number of ether oxygens (including phenoxy) is 1. The minimum Gasteiger partial charge on any atom is -0.444 e. The van der Waals surface area contributed by atoms with E-state index in [0.29, 0.717) is 13.1 Å². The molecule has 5 heteroatoms. The van der Waals surface area contributed by atoms with Crippen molar-refractivity contribution in [3.05, 3.63) is 23.4 Å². The van der Waals surface area contributed by atoms with Crippen molar-refractivity contribution >= 4 is 6.09 Å². The molecule has 1 amide bonds. The Morgan fingerprint density at radius 3 is 2.61 bits per heavy atom. The van der Waals surface area contributed by atoms with Crippen LogP contribution in [0.25, 0.3) is 0 Å². The summed E-state index contributed by atoms with van der Waals surface area (Å²) in [6.45, 7) is 7.05. The molecule has 0 aromatic carbocycles. The van der Waals surface area contributed by atoms with Crippen LogP contribution in [-0.2, 0) is 4.74 Å². The summed E-state index contributed by atoms with van der Waals surface area (Å²) in [4.78, 5) is 13.9. The predicted molar refractivity (Wildman–Crippen MR) is 89.3 cm³/mol. The Labute approximate surface area is 138 Å². The van der Waals surface area contributed by atoms with Crippen LogP contribution in [0.15, 0.2) is 33.7 Å². The summed E-state index contributed by atoms with van der Waals surface area (Å²) < 4.78 is 5.45. The highest BCUT2D eigenvalue weighted by molar-refractivity contribution is 5.68. The molecule has 0 radical (unpaired) electrons. The van der Waals surface area contributed by atoms with E-state index in [1.165, 1.54) is 18.4 Å². The van der Waals surface area contributed by atoms with E-state index in [1.54, 1.807) is 4.90 Å². The van der Waals surface area contributed by atoms with Gasteiger partial charge in [0.25, 0.3) is 0 Å². The third-order valence-electron chi connectivity index (χ3n) is 4.66. The second-order valence-electron chi connectivity index (χ2n) is 7.78. The number of rotatable bonds is 1. The number of likely N-dealkylation sites (tertiary alicyclic amines) is 1. The number of azo groups is 1. The van der Waals surface area contributed by atoms with Gasteiger partial charge in [0.1, 0.15) is 11.1 Å². The maximum Gasteiger partial charge on any atom is 0.410 e. The Bertz CT molecular complexity index is 561. The maximum atomic E-state index is 12.2. The van der Waals surface area contributed by atoms with Gasteiger partial charge in [-0.05, 0) is 70.9 Å². The normalized spacial score (nSPS) is 23.7. The summed E-state index contributed by atoms with van der Waals surface area (Å²) in [5.41, 5.74) is 1.77. The van der Waals surface area contributed by atoms with Crippen molar-refractivity contribution < 1.29 is 9.53 Å². The predicted octanol–water partition coefficient (Wildman–Crippen LogP) is 4.61. The van der Waals surface area contributed by atoms with Crippen molar-refractivity contribution in [2.24, 2.45) is 10.2 Å². The number of hydrogen-bond donors (Lipinski definition) is 0. The Balaban J connectivity index is 1.61. The lowest BCUT2D eigenvalue weighted by Crippen LogP contribution is -2.46. The molecule has 1 aliphatic carbocycles. The minimum absolute atomic E-state index is 0.202. The van der Waals surface area contributed by atoms with Gasteiger partial charge >= 0.3 is 6.09 Å². The highest BCUT2D eigenvalue weighted by atomic mass is 16.6. The maximum absolute atomic E-state index is 12.2. The highest BCUT2D eigenvalue weighted by Gasteiger charge is 2.38. The van der Waals surface area contributed by atoms with Crippen LogP contribution >= 0.6 is 0 Å². The SMILES string of the molecule is CC(C)(C)OC(=O)N1CCC2(C=C(C3=CCCCC3)N=N2)CC1. The lowest BCUT2D eigenvalue weighted by atomic mass is 9.86. The first-order valence-corrected chi connectivity index (χ1v) is 8.70. The van der Waals surface area contributed by atoms with Gasteiger partial charge in [-0.2, -0.15) is 10.2 Å². The van der Waals surface area contributed by atoms with E-state index >= 15 is 0 Å². The monoisotopic (exact) mass is 317 g/mol. The van der Waals surface area contributed by atoms with Gasteiger partial charge in [-0.15, -0.1) is 0 Å². The number of amides is 1. The van der Waals surface area contributed by atoms with Gasteiger partial charge in [-0.25, -0.2) is 4.79 Å². The first-order valence-electron chi connectivity index (χ1n) is 8.70. The van der Waals surface area contributed by atoms with Gasteiger partial charge in [-0.1, -0.05) is 6.08 Å². The molecule has 0 saturated carbocycles. The van der Waals surface area contributed by atoms with E-state index in [9.17, 15) is 4.79 Å². The number of piperidine rings is 1. The van der Waals surface area contributed by atoms with Crippen LogP contribution in [0.2, 0.25) is 0 Å². The fourth-order valence-corrected chi connectivity index (χ4v) is 3.34. The van der Waals surface area contributed by atoms with Crippen molar-refractivity contribution in [2.45, 2.75) is 70.4 Å². The van der Waals surface area contributed by atoms with E-state index in [1.807, 2.05) is 20.8 Å². The van der Waals surface area contributed by atoms with Crippen LogP contribution in [0.1, 0.15) is 59.3 Å². The quantitative estimate of drug-likeness (QED) is 0.709. The molecule has 0 atom stereocenters. The van der Waals surface area contributed by atoms with E-state index in [0.717, 1.165) is 31.4 Å². The lowest BCUT2D eigenvalue weighted by Gasteiger charge is -2.36. The second-order valence-corrected chi connectivity index (χ2v) is 7.78. The topological polar surface area (TPSA) is 54.3 Å². The van der Waals surface area contributed by atoms with Gasteiger partial charge < -0.3 is 9.64 Å². The van der Waals surface area contributed by atoms with Crippen molar-refractivity contribution in [3.8, 4) is 0 Å². The molecule has 1 fully saturated rings. The zero-order chi connectivity index (χ0) is 16.5. The summed E-state index contributed by atoms with van der Waals surface area (Å²) >= 11 is 0. The summed E-state index contributed by atoms with van der Waals surface area (Å²) in [5.74, 6) is 0. The number of nitrogens with zero attached hydrogens (tertiary/aromatic N) is 3. The second kappa shape index (κ2) is 6.10. The van der Waals surface area contributed by atoms with Gasteiger partial charge in [0.15, 0.2) is 0 Å². The fourth-order valence-electron chi connectivity index (χ4n) is 3.34. The van der Waals surface area contributed by atoms with E-state index < -0.39 is 5.60 Å². The van der Waals surface area contributed by atoms with Crippen LogP contribution in [-0.4, -0.2) is 35.2 Å². The molecule has 3 rings (SSSR count). The first kappa shape index (κ1) is 16.2. The van der Waals surface area contributed by atoms with Crippen molar-refractivity contribution in [3.63, 3.8) is 0 Å². The molecule has 0 bridgehead atoms. The van der Waals surface area contributed by atoms with E-state index in [2.05, 4.69) is 22.4 Å². The summed E-state index contributed by atoms with van der Waals surface area (Å²) in [6, 6.07) is 0. The molecule has 3 aliphatic rings. The molecular weight excluding hydrogens is 290 g/mol. The average Bonchev–Trinajstić information content (AvgIpc) is 2.91. The fraction of sp³-hybridized carbons (Fsp3) is 0.722. The summed E-state index contributed by atoms with van der Waals surface area (Å²) in [5, 5.41) is 9.01. The highest BCUT2D eigenvalue weighted by Crippen LogP contribution is 2.38. The molecule has 1 spiro atoms. The molecule has 0 unspecified atom stereocenters. The van der Waals surface area contributed by atoms with Gasteiger partial charge in [0, 0.05) is 13.1 Å². The summed E-state index contributed by atoms with van der Waals surface area (Å²) in [7, 11) is 0. The number of allylic oxidation sites excluding steroid dienone is 2. The molecule has 0 aromatic rings. The molecule has 1 saturated heterocycles. The molecular formula is C18H27N3O2. The van der Waals surface area contributed by atoms with Gasteiger partial charge in [0.2, 0.25) is 0 Å². The summed E-state index contributed by atoms with van der Waals surface area (Å²) in [6.07, 6.45) is 10.8. The Kier molecular flexibility index (Phi) is 4.30. The molecule has 5 nitrogen and oxygen atoms in total. The van der Waals surface area contributed by atoms with Gasteiger partial charge in [0.05, 0.1) is 5.70 Å². The van der Waals surface area contributed by atoms with Crippen molar-refractivity contribution in [1.29, 1.82) is 0 Å². The third-order valence-corrected chi connectivity index (χ3v) is 4.66. The number of carbonyl (C=O) groups excluding carboxylic acids is 1. The number of hydrogen-bond acceptors (Lipinski definition) is 4.